The molecule has 5 heteroatoms. The van der Waals surface area contributed by atoms with Crippen LogP contribution in [0, 0.1) is 0 Å². The van der Waals surface area contributed by atoms with Gasteiger partial charge < -0.3 is 14.8 Å². The fourth-order valence-corrected chi connectivity index (χ4v) is 2.62. The number of benzene rings is 1. The van der Waals surface area contributed by atoms with E-state index in [9.17, 15) is 9.59 Å². The van der Waals surface area contributed by atoms with Crippen molar-refractivity contribution in [3.05, 3.63) is 35.4 Å². The number of esters is 1. The van der Waals surface area contributed by atoms with Gasteiger partial charge >= 0.3 is 5.97 Å². The maximum atomic E-state index is 12.2. The molecule has 1 aliphatic heterocycles. The van der Waals surface area contributed by atoms with E-state index in [0.717, 1.165) is 12.8 Å². The maximum absolute atomic E-state index is 12.2. The van der Waals surface area contributed by atoms with Gasteiger partial charge in [-0.1, -0.05) is 24.3 Å². The second-order valence-corrected chi connectivity index (χ2v) is 5.18. The Balaban J connectivity index is 1.63. The van der Waals surface area contributed by atoms with E-state index in [-0.39, 0.29) is 25.2 Å². The van der Waals surface area contributed by atoms with E-state index in [1.54, 1.807) is 6.92 Å². The van der Waals surface area contributed by atoms with E-state index in [1.807, 2.05) is 12.1 Å². The molecule has 1 aromatic rings. The van der Waals surface area contributed by atoms with Crippen LogP contribution in [0.2, 0.25) is 0 Å². The van der Waals surface area contributed by atoms with Gasteiger partial charge in [-0.2, -0.15) is 0 Å². The zero-order valence-corrected chi connectivity index (χ0v) is 11.3. The minimum absolute atomic E-state index is 0.0235. The topological polar surface area (TPSA) is 67.9 Å². The predicted octanol–water partition coefficient (Wildman–Crippen LogP) is 0.602. The molecule has 1 fully saturated rings. The van der Waals surface area contributed by atoms with Gasteiger partial charge in [0, 0.05) is 6.04 Å². The molecule has 20 heavy (non-hydrogen) atoms. The summed E-state index contributed by atoms with van der Waals surface area (Å²) >= 11 is 0. The van der Waals surface area contributed by atoms with Crippen molar-refractivity contribution < 1.29 is 19.1 Å². The van der Waals surface area contributed by atoms with Gasteiger partial charge in [0.1, 0.15) is 0 Å². The van der Waals surface area contributed by atoms with Crippen molar-refractivity contribution in [2.24, 2.45) is 0 Å². The molecular weight excluding hydrogens is 258 g/mol. The summed E-state index contributed by atoms with van der Waals surface area (Å²) in [5.41, 5.74) is 1.10. The number of ether oxygens (including phenoxy) is 2. The molecule has 1 aliphatic carbocycles. The Morgan fingerprint density at radius 1 is 1.35 bits per heavy atom. The molecule has 1 saturated heterocycles. The number of nitrogens with one attached hydrogen (secondary N) is 1. The first-order chi connectivity index (χ1) is 9.65. The number of carbonyl (C=O) groups excluding carboxylic acids is 2. The average molecular weight is 275 g/mol. The molecule has 0 radical (unpaired) electrons. The van der Waals surface area contributed by atoms with Crippen LogP contribution in [0.3, 0.4) is 0 Å². The summed E-state index contributed by atoms with van der Waals surface area (Å²) in [6.45, 7) is 2.06. The largest absolute Gasteiger partial charge is 0.463 e. The van der Waals surface area contributed by atoms with Gasteiger partial charge in [0.2, 0.25) is 0 Å². The lowest BCUT2D eigenvalue weighted by Gasteiger charge is -2.15. The molecule has 0 aromatic heterocycles. The van der Waals surface area contributed by atoms with Crippen molar-refractivity contribution in [1.82, 2.24) is 5.32 Å². The predicted molar refractivity (Wildman–Crippen MR) is 71.1 cm³/mol. The molecule has 1 amide bonds. The summed E-state index contributed by atoms with van der Waals surface area (Å²) in [5, 5.41) is 2.90. The lowest BCUT2D eigenvalue weighted by Crippen LogP contribution is -2.48. The molecular formula is C15H17NO4. The summed E-state index contributed by atoms with van der Waals surface area (Å²) in [6, 6.07) is 8.14. The van der Waals surface area contributed by atoms with Crippen LogP contribution in [-0.2, 0) is 31.9 Å². The van der Waals surface area contributed by atoms with Crippen LogP contribution in [0.25, 0.3) is 0 Å². The van der Waals surface area contributed by atoms with Crippen LogP contribution >= 0.6 is 0 Å². The summed E-state index contributed by atoms with van der Waals surface area (Å²) in [4.78, 5) is 24.0. The van der Waals surface area contributed by atoms with E-state index in [2.05, 4.69) is 17.4 Å². The van der Waals surface area contributed by atoms with Crippen LogP contribution in [0.1, 0.15) is 18.1 Å². The number of hydrogen-bond donors (Lipinski definition) is 1. The highest BCUT2D eigenvalue weighted by Gasteiger charge is 2.61. The van der Waals surface area contributed by atoms with Crippen LogP contribution in [0.5, 0.6) is 0 Å². The van der Waals surface area contributed by atoms with E-state index >= 15 is 0 Å². The van der Waals surface area contributed by atoms with Crippen molar-refractivity contribution in [1.29, 1.82) is 0 Å². The second kappa shape index (κ2) is 4.90. The van der Waals surface area contributed by atoms with Crippen molar-refractivity contribution in [2.75, 3.05) is 13.2 Å². The number of amides is 1. The third-order valence-electron chi connectivity index (χ3n) is 3.79. The molecule has 3 rings (SSSR count). The van der Waals surface area contributed by atoms with Gasteiger partial charge in [-0.05, 0) is 30.9 Å². The van der Waals surface area contributed by atoms with E-state index in [1.165, 1.54) is 11.1 Å². The lowest BCUT2D eigenvalue weighted by molar-refractivity contribution is -0.154. The molecule has 1 unspecified atom stereocenters. The molecule has 0 spiro atoms. The van der Waals surface area contributed by atoms with Crippen molar-refractivity contribution in [2.45, 2.75) is 31.4 Å². The number of hydrogen-bond acceptors (Lipinski definition) is 4. The first kappa shape index (κ1) is 13.1. The zero-order chi connectivity index (χ0) is 14.2. The molecule has 1 aromatic carbocycles. The smallest absolute Gasteiger partial charge is 0.350 e. The van der Waals surface area contributed by atoms with Crippen LogP contribution in [-0.4, -0.2) is 36.7 Å². The SMILES string of the molecule is CCOC(=O)C1(C(=O)NC2Cc3ccccc3C2)CO1. The highest BCUT2D eigenvalue weighted by Crippen LogP contribution is 2.30. The van der Waals surface area contributed by atoms with Gasteiger partial charge in [0.15, 0.2) is 0 Å². The second-order valence-electron chi connectivity index (χ2n) is 5.18. The molecule has 1 atom stereocenters. The minimum atomic E-state index is -1.40. The monoisotopic (exact) mass is 275 g/mol. The standard InChI is InChI=1S/C15H17NO4/c1-2-19-14(18)15(9-20-15)13(17)16-12-7-10-5-3-4-6-11(10)8-12/h3-6,12H,2,7-9H2,1H3,(H,16,17). The Morgan fingerprint density at radius 3 is 2.45 bits per heavy atom. The Kier molecular flexibility index (Phi) is 3.22. The lowest BCUT2D eigenvalue weighted by atomic mass is 10.1. The highest BCUT2D eigenvalue weighted by atomic mass is 16.6. The highest BCUT2D eigenvalue weighted by molar-refractivity contribution is 6.09. The fraction of sp³-hybridized carbons (Fsp3) is 0.467. The Bertz CT molecular complexity index is 526. The molecule has 1 N–H and O–H groups in total. The third-order valence-corrected chi connectivity index (χ3v) is 3.79. The summed E-state index contributed by atoms with van der Waals surface area (Å²) < 4.78 is 9.96. The summed E-state index contributed by atoms with van der Waals surface area (Å²) in [5.74, 6) is -0.971. The number of epoxide rings is 1. The maximum Gasteiger partial charge on any atom is 0.350 e. The van der Waals surface area contributed by atoms with E-state index in [0.29, 0.717) is 0 Å². The number of carbonyl (C=O) groups is 2. The quantitative estimate of drug-likeness (QED) is 0.496. The van der Waals surface area contributed by atoms with E-state index in [4.69, 9.17) is 9.47 Å². The van der Waals surface area contributed by atoms with Crippen molar-refractivity contribution in [3.63, 3.8) is 0 Å². The number of rotatable bonds is 4. The van der Waals surface area contributed by atoms with Gasteiger partial charge in [0.05, 0.1) is 13.2 Å². The minimum Gasteiger partial charge on any atom is -0.463 e. The first-order valence-corrected chi connectivity index (χ1v) is 6.84. The summed E-state index contributed by atoms with van der Waals surface area (Å²) in [6.07, 6.45) is 1.58. The molecule has 1 heterocycles. The van der Waals surface area contributed by atoms with Gasteiger partial charge in [-0.3, -0.25) is 4.79 Å². The van der Waals surface area contributed by atoms with Gasteiger partial charge in [-0.25, -0.2) is 4.79 Å². The normalized spacial score (nSPS) is 24.1. The Hall–Kier alpha value is -1.88. The molecule has 106 valence electrons. The van der Waals surface area contributed by atoms with Crippen molar-refractivity contribution in [3.8, 4) is 0 Å². The van der Waals surface area contributed by atoms with Crippen LogP contribution in [0.15, 0.2) is 24.3 Å². The van der Waals surface area contributed by atoms with E-state index < -0.39 is 11.6 Å². The molecule has 0 saturated carbocycles. The number of fused-ring (bicyclic) bond motifs is 1. The first-order valence-electron chi connectivity index (χ1n) is 6.84. The van der Waals surface area contributed by atoms with Gasteiger partial charge in [-0.15, -0.1) is 0 Å². The summed E-state index contributed by atoms with van der Waals surface area (Å²) in [7, 11) is 0. The van der Waals surface area contributed by atoms with Crippen LogP contribution in [0.4, 0.5) is 0 Å². The van der Waals surface area contributed by atoms with Gasteiger partial charge in [0.25, 0.3) is 11.5 Å². The van der Waals surface area contributed by atoms with Crippen molar-refractivity contribution >= 4 is 11.9 Å². The Morgan fingerprint density at radius 2 is 1.95 bits per heavy atom. The zero-order valence-electron chi connectivity index (χ0n) is 11.3. The van der Waals surface area contributed by atoms with Crippen LogP contribution < -0.4 is 5.32 Å². The molecule has 0 bridgehead atoms. The Labute approximate surface area is 117 Å². The molecule has 2 aliphatic rings. The third kappa shape index (κ3) is 2.18. The molecule has 5 nitrogen and oxygen atoms in total. The average Bonchev–Trinajstić information content (AvgIpc) is 3.15. The fourth-order valence-electron chi connectivity index (χ4n) is 2.62.